The lowest BCUT2D eigenvalue weighted by Crippen LogP contribution is -2.49. The third-order valence-electron chi connectivity index (χ3n) is 3.52. The van der Waals surface area contributed by atoms with Crippen molar-refractivity contribution in [3.05, 3.63) is 18.0 Å². The van der Waals surface area contributed by atoms with Crippen molar-refractivity contribution in [2.75, 3.05) is 13.1 Å². The largest absolute Gasteiger partial charge is 0.349 e. The van der Waals surface area contributed by atoms with E-state index in [0.717, 1.165) is 12.8 Å². The summed E-state index contributed by atoms with van der Waals surface area (Å²) < 4.78 is 0. The van der Waals surface area contributed by atoms with Crippen molar-refractivity contribution in [1.82, 2.24) is 20.4 Å². The first kappa shape index (κ1) is 14.6. The van der Waals surface area contributed by atoms with E-state index in [-0.39, 0.29) is 23.3 Å². The quantitative estimate of drug-likeness (QED) is 0.852. The molecule has 1 aliphatic rings. The van der Waals surface area contributed by atoms with Crippen LogP contribution in [0.4, 0.5) is 0 Å². The second-order valence-electron chi connectivity index (χ2n) is 6.28. The highest BCUT2D eigenvalue weighted by molar-refractivity contribution is 5.93. The van der Waals surface area contributed by atoms with Crippen LogP contribution in [-0.2, 0) is 4.79 Å². The van der Waals surface area contributed by atoms with Crippen molar-refractivity contribution in [3.8, 4) is 0 Å². The number of carbonyl (C=O) groups excluding carboxylic acids is 2. The third-order valence-corrected chi connectivity index (χ3v) is 3.52. The highest BCUT2D eigenvalue weighted by Crippen LogP contribution is 2.21. The van der Waals surface area contributed by atoms with Gasteiger partial charge in [0, 0.05) is 30.7 Å². The van der Waals surface area contributed by atoms with Crippen LogP contribution in [0.15, 0.2) is 12.4 Å². The Labute approximate surface area is 118 Å². The predicted molar refractivity (Wildman–Crippen MR) is 75.1 cm³/mol. The van der Waals surface area contributed by atoms with E-state index in [4.69, 9.17) is 0 Å². The van der Waals surface area contributed by atoms with Gasteiger partial charge in [-0.2, -0.15) is 5.10 Å². The van der Waals surface area contributed by atoms with Gasteiger partial charge in [-0.15, -0.1) is 0 Å². The number of hydrogen-bond acceptors (Lipinski definition) is 3. The maximum Gasteiger partial charge on any atom is 0.254 e. The Morgan fingerprint density at radius 1 is 1.35 bits per heavy atom. The Balaban J connectivity index is 1.83. The average Bonchev–Trinajstić information content (AvgIpc) is 2.91. The average molecular weight is 278 g/mol. The van der Waals surface area contributed by atoms with Crippen LogP contribution in [-0.4, -0.2) is 46.0 Å². The number of amides is 2. The third kappa shape index (κ3) is 3.37. The topological polar surface area (TPSA) is 78.1 Å². The van der Waals surface area contributed by atoms with E-state index in [1.165, 1.54) is 6.20 Å². The molecule has 1 aromatic heterocycles. The van der Waals surface area contributed by atoms with E-state index in [1.54, 1.807) is 6.20 Å². The van der Waals surface area contributed by atoms with E-state index < -0.39 is 0 Å². The van der Waals surface area contributed by atoms with Gasteiger partial charge in [0.25, 0.3) is 5.91 Å². The Morgan fingerprint density at radius 3 is 2.50 bits per heavy atom. The molecule has 0 aromatic carbocycles. The molecule has 110 valence electrons. The fraction of sp³-hybridized carbons (Fsp3) is 0.643. The summed E-state index contributed by atoms with van der Waals surface area (Å²) >= 11 is 0. The molecule has 6 heteroatoms. The van der Waals surface area contributed by atoms with Gasteiger partial charge >= 0.3 is 0 Å². The molecule has 2 heterocycles. The Bertz CT molecular complexity index is 468. The zero-order valence-electron chi connectivity index (χ0n) is 12.3. The second kappa shape index (κ2) is 5.64. The summed E-state index contributed by atoms with van der Waals surface area (Å²) in [5.74, 6) is 0.0662. The maximum atomic E-state index is 12.2. The molecule has 1 saturated heterocycles. The fourth-order valence-electron chi connectivity index (χ4n) is 2.35. The number of aromatic nitrogens is 2. The summed E-state index contributed by atoms with van der Waals surface area (Å²) in [4.78, 5) is 25.9. The minimum atomic E-state index is -0.340. The van der Waals surface area contributed by atoms with Gasteiger partial charge in [-0.1, -0.05) is 20.8 Å². The Morgan fingerprint density at radius 2 is 2.00 bits per heavy atom. The van der Waals surface area contributed by atoms with Crippen molar-refractivity contribution >= 4 is 11.8 Å². The molecule has 2 rings (SSSR count). The monoisotopic (exact) mass is 278 g/mol. The summed E-state index contributed by atoms with van der Waals surface area (Å²) in [5.41, 5.74) is 0.200. The molecular weight excluding hydrogens is 256 g/mol. The van der Waals surface area contributed by atoms with Crippen LogP contribution < -0.4 is 5.32 Å². The molecule has 1 aliphatic heterocycles. The molecule has 0 unspecified atom stereocenters. The van der Waals surface area contributed by atoms with Crippen LogP contribution in [0.25, 0.3) is 0 Å². The standard InChI is InChI=1S/C14H22N4O2/c1-14(2,3)13(20)18-6-4-11(5-7-18)17-12(19)10-8-15-16-9-10/h8-9,11H,4-7H2,1-3H3,(H,15,16)(H,17,19). The number of likely N-dealkylation sites (tertiary alicyclic amines) is 1. The molecule has 2 N–H and O–H groups in total. The molecule has 20 heavy (non-hydrogen) atoms. The molecule has 6 nitrogen and oxygen atoms in total. The number of hydrogen-bond donors (Lipinski definition) is 2. The fourth-order valence-corrected chi connectivity index (χ4v) is 2.35. The summed E-state index contributed by atoms with van der Waals surface area (Å²) in [7, 11) is 0. The van der Waals surface area contributed by atoms with Crippen molar-refractivity contribution in [2.45, 2.75) is 39.7 Å². The SMILES string of the molecule is CC(C)(C)C(=O)N1CCC(NC(=O)c2cn[nH]c2)CC1. The van der Waals surface area contributed by atoms with Crippen molar-refractivity contribution < 1.29 is 9.59 Å². The summed E-state index contributed by atoms with van der Waals surface area (Å²) in [5, 5.41) is 9.37. The van der Waals surface area contributed by atoms with Crippen molar-refractivity contribution in [1.29, 1.82) is 0 Å². The van der Waals surface area contributed by atoms with E-state index in [0.29, 0.717) is 18.7 Å². The zero-order chi connectivity index (χ0) is 14.8. The van der Waals surface area contributed by atoms with Gasteiger partial charge in [-0.25, -0.2) is 0 Å². The number of aromatic amines is 1. The first-order valence-corrected chi connectivity index (χ1v) is 6.97. The van der Waals surface area contributed by atoms with E-state index in [9.17, 15) is 9.59 Å². The molecule has 2 amide bonds. The van der Waals surface area contributed by atoms with Crippen molar-refractivity contribution in [3.63, 3.8) is 0 Å². The second-order valence-corrected chi connectivity index (χ2v) is 6.28. The lowest BCUT2D eigenvalue weighted by molar-refractivity contribution is -0.140. The van der Waals surface area contributed by atoms with Gasteiger partial charge in [-0.3, -0.25) is 14.7 Å². The lowest BCUT2D eigenvalue weighted by atomic mass is 9.93. The highest BCUT2D eigenvalue weighted by Gasteiger charge is 2.30. The van der Waals surface area contributed by atoms with Crippen molar-refractivity contribution in [2.24, 2.45) is 5.41 Å². The Kier molecular flexibility index (Phi) is 4.11. The summed E-state index contributed by atoms with van der Waals surface area (Å²) in [6.45, 7) is 7.20. The van der Waals surface area contributed by atoms with Gasteiger partial charge in [-0.05, 0) is 12.8 Å². The first-order valence-electron chi connectivity index (χ1n) is 6.97. The van der Waals surface area contributed by atoms with Crippen LogP contribution in [0.1, 0.15) is 44.0 Å². The van der Waals surface area contributed by atoms with E-state index in [1.807, 2.05) is 25.7 Å². The number of piperidine rings is 1. The summed E-state index contributed by atoms with van der Waals surface area (Å²) in [6, 6.07) is 0.126. The molecule has 0 spiro atoms. The van der Waals surface area contributed by atoms with E-state index >= 15 is 0 Å². The van der Waals surface area contributed by atoms with Gasteiger partial charge in [0.05, 0.1) is 11.8 Å². The molecule has 1 fully saturated rings. The van der Waals surface area contributed by atoms with Crippen LogP contribution >= 0.6 is 0 Å². The molecule has 0 radical (unpaired) electrons. The van der Waals surface area contributed by atoms with Gasteiger partial charge in [0.2, 0.25) is 5.91 Å². The number of H-pyrrole nitrogens is 1. The van der Waals surface area contributed by atoms with Crippen LogP contribution in [0.3, 0.4) is 0 Å². The summed E-state index contributed by atoms with van der Waals surface area (Å²) in [6.07, 6.45) is 4.68. The van der Waals surface area contributed by atoms with Gasteiger partial charge in [0.15, 0.2) is 0 Å². The van der Waals surface area contributed by atoms with Crippen LogP contribution in [0, 0.1) is 5.41 Å². The lowest BCUT2D eigenvalue weighted by Gasteiger charge is -2.35. The van der Waals surface area contributed by atoms with Crippen LogP contribution in [0.2, 0.25) is 0 Å². The normalized spacial score (nSPS) is 17.1. The number of carbonyl (C=O) groups is 2. The molecule has 0 aliphatic carbocycles. The number of rotatable bonds is 2. The van der Waals surface area contributed by atoms with E-state index in [2.05, 4.69) is 15.5 Å². The minimum absolute atomic E-state index is 0.112. The first-order chi connectivity index (χ1) is 9.38. The molecule has 0 bridgehead atoms. The number of nitrogens with one attached hydrogen (secondary N) is 2. The van der Waals surface area contributed by atoms with Crippen LogP contribution in [0.5, 0.6) is 0 Å². The maximum absolute atomic E-state index is 12.2. The Hall–Kier alpha value is -1.85. The predicted octanol–water partition coefficient (Wildman–Crippen LogP) is 1.18. The highest BCUT2D eigenvalue weighted by atomic mass is 16.2. The minimum Gasteiger partial charge on any atom is -0.349 e. The van der Waals surface area contributed by atoms with Gasteiger partial charge in [0.1, 0.15) is 0 Å². The molecule has 0 atom stereocenters. The molecule has 1 aromatic rings. The molecular formula is C14H22N4O2. The smallest absolute Gasteiger partial charge is 0.254 e. The molecule has 0 saturated carbocycles. The van der Waals surface area contributed by atoms with Gasteiger partial charge < -0.3 is 10.2 Å². The zero-order valence-corrected chi connectivity index (χ0v) is 12.3. The number of nitrogens with zero attached hydrogens (tertiary/aromatic N) is 2.